The van der Waals surface area contributed by atoms with Gasteiger partial charge in [0.05, 0.1) is 5.69 Å². The van der Waals surface area contributed by atoms with Gasteiger partial charge in [-0.05, 0) is 63.5 Å². The minimum Gasteiger partial charge on any atom is -0.317 e. The van der Waals surface area contributed by atoms with Crippen molar-refractivity contribution in [2.24, 2.45) is 0 Å². The Morgan fingerprint density at radius 2 is 1.85 bits per heavy atom. The van der Waals surface area contributed by atoms with Crippen LogP contribution in [0.5, 0.6) is 0 Å². The van der Waals surface area contributed by atoms with Crippen LogP contribution in [0.2, 0.25) is 0 Å². The molecule has 0 amide bonds. The highest BCUT2D eigenvalue weighted by Crippen LogP contribution is 2.31. The fourth-order valence-electron chi connectivity index (χ4n) is 1.53. The van der Waals surface area contributed by atoms with E-state index in [-0.39, 0.29) is 0 Å². The van der Waals surface area contributed by atoms with E-state index in [0.717, 1.165) is 19.5 Å². The van der Waals surface area contributed by atoms with Gasteiger partial charge in [0.2, 0.25) is 0 Å². The molecule has 0 atom stereocenters. The lowest BCUT2D eigenvalue weighted by molar-refractivity contribution is 0.459. The van der Waals surface area contributed by atoms with Crippen LogP contribution in [0.1, 0.15) is 13.3 Å². The normalized spacial score (nSPS) is 11.8. The maximum absolute atomic E-state index is 12.2. The van der Waals surface area contributed by atoms with Crippen molar-refractivity contribution >= 4 is 47.8 Å². The molecular formula is C12H19Br2N3O2S. The van der Waals surface area contributed by atoms with Crippen molar-refractivity contribution in [2.45, 2.75) is 13.3 Å². The second-order valence-corrected chi connectivity index (χ2v) is 7.72. The molecule has 0 bridgehead atoms. The van der Waals surface area contributed by atoms with E-state index in [2.05, 4.69) is 41.9 Å². The van der Waals surface area contributed by atoms with E-state index in [9.17, 15) is 8.42 Å². The summed E-state index contributed by atoms with van der Waals surface area (Å²) in [5.41, 5.74) is 0.506. The Hall–Kier alpha value is -0.150. The van der Waals surface area contributed by atoms with Gasteiger partial charge >= 0.3 is 10.2 Å². The molecule has 0 unspecified atom stereocenters. The van der Waals surface area contributed by atoms with Crippen LogP contribution in [0.3, 0.4) is 0 Å². The molecule has 1 aromatic carbocycles. The zero-order valence-electron chi connectivity index (χ0n) is 11.5. The summed E-state index contributed by atoms with van der Waals surface area (Å²) in [5, 5.41) is 3.17. The van der Waals surface area contributed by atoms with Crippen LogP contribution in [0.15, 0.2) is 27.1 Å². The number of rotatable bonds is 8. The van der Waals surface area contributed by atoms with Crippen molar-refractivity contribution in [3.63, 3.8) is 0 Å². The Labute approximate surface area is 137 Å². The van der Waals surface area contributed by atoms with E-state index < -0.39 is 10.2 Å². The Balaban J connectivity index is 2.69. The number of hydrogen-bond donors (Lipinski definition) is 2. The molecule has 0 aliphatic carbocycles. The monoisotopic (exact) mass is 427 g/mol. The summed E-state index contributed by atoms with van der Waals surface area (Å²) in [6.07, 6.45) is 0.766. The molecular weight excluding hydrogens is 410 g/mol. The predicted octanol–water partition coefficient (Wildman–Crippen LogP) is 2.80. The van der Waals surface area contributed by atoms with Crippen molar-refractivity contribution < 1.29 is 8.42 Å². The molecule has 0 saturated heterocycles. The van der Waals surface area contributed by atoms with E-state index >= 15 is 0 Å². The summed E-state index contributed by atoms with van der Waals surface area (Å²) >= 11 is 6.67. The topological polar surface area (TPSA) is 61.4 Å². The number of para-hydroxylation sites is 1. The fraction of sp³-hybridized carbons (Fsp3) is 0.500. The zero-order chi connectivity index (χ0) is 15.2. The number of nitrogens with one attached hydrogen (secondary N) is 2. The number of nitrogens with zero attached hydrogens (tertiary/aromatic N) is 1. The summed E-state index contributed by atoms with van der Waals surface area (Å²) in [7, 11) is -1.98. The number of hydrogen-bond acceptors (Lipinski definition) is 3. The van der Waals surface area contributed by atoms with Gasteiger partial charge in [-0.3, -0.25) is 4.72 Å². The molecule has 0 heterocycles. The van der Waals surface area contributed by atoms with Crippen LogP contribution < -0.4 is 10.0 Å². The molecule has 114 valence electrons. The first-order chi connectivity index (χ1) is 9.38. The van der Waals surface area contributed by atoms with Gasteiger partial charge in [0.1, 0.15) is 0 Å². The second-order valence-electron chi connectivity index (χ2n) is 4.23. The molecule has 0 aliphatic heterocycles. The zero-order valence-corrected chi connectivity index (χ0v) is 15.5. The van der Waals surface area contributed by atoms with E-state index in [1.807, 2.05) is 13.0 Å². The number of anilines is 1. The van der Waals surface area contributed by atoms with E-state index in [1.54, 1.807) is 19.2 Å². The van der Waals surface area contributed by atoms with Crippen molar-refractivity contribution in [3.8, 4) is 0 Å². The molecule has 8 heteroatoms. The van der Waals surface area contributed by atoms with E-state index in [1.165, 1.54) is 4.31 Å². The fourth-order valence-corrected chi connectivity index (χ4v) is 3.99. The van der Waals surface area contributed by atoms with Crippen LogP contribution in [0.25, 0.3) is 0 Å². The number of benzene rings is 1. The predicted molar refractivity (Wildman–Crippen MR) is 90.2 cm³/mol. The van der Waals surface area contributed by atoms with Gasteiger partial charge in [-0.25, -0.2) is 0 Å². The van der Waals surface area contributed by atoms with Crippen molar-refractivity contribution in [3.05, 3.63) is 27.1 Å². The Morgan fingerprint density at radius 3 is 2.40 bits per heavy atom. The van der Waals surface area contributed by atoms with Crippen molar-refractivity contribution in [2.75, 3.05) is 31.4 Å². The molecule has 0 fully saturated rings. The highest BCUT2D eigenvalue weighted by atomic mass is 79.9. The minimum absolute atomic E-state index is 0.463. The van der Waals surface area contributed by atoms with Crippen LogP contribution in [0.4, 0.5) is 5.69 Å². The van der Waals surface area contributed by atoms with Crippen molar-refractivity contribution in [1.82, 2.24) is 9.62 Å². The summed E-state index contributed by atoms with van der Waals surface area (Å²) in [6.45, 7) is 4.17. The third kappa shape index (κ3) is 5.33. The first-order valence-corrected chi connectivity index (χ1v) is 9.30. The van der Waals surface area contributed by atoms with Crippen LogP contribution in [-0.2, 0) is 10.2 Å². The van der Waals surface area contributed by atoms with E-state index in [4.69, 9.17) is 0 Å². The molecule has 0 aromatic heterocycles. The summed E-state index contributed by atoms with van der Waals surface area (Å²) in [6, 6.07) is 5.40. The molecule has 0 saturated carbocycles. The Bertz CT molecular complexity index is 517. The maximum Gasteiger partial charge on any atom is 0.301 e. The minimum atomic E-state index is -3.55. The van der Waals surface area contributed by atoms with Gasteiger partial charge in [-0.2, -0.15) is 12.7 Å². The largest absolute Gasteiger partial charge is 0.317 e. The molecule has 2 N–H and O–H groups in total. The maximum atomic E-state index is 12.2. The first kappa shape index (κ1) is 17.9. The lowest BCUT2D eigenvalue weighted by atomic mass is 10.3. The third-order valence-corrected chi connectivity index (χ3v) is 5.47. The van der Waals surface area contributed by atoms with E-state index in [0.29, 0.717) is 21.2 Å². The highest BCUT2D eigenvalue weighted by Gasteiger charge is 2.19. The van der Waals surface area contributed by atoms with Gasteiger partial charge < -0.3 is 5.32 Å². The number of halogens is 2. The summed E-state index contributed by atoms with van der Waals surface area (Å²) < 4.78 is 29.7. The van der Waals surface area contributed by atoms with Gasteiger partial charge in [0.25, 0.3) is 0 Å². The molecule has 0 aliphatic rings. The lowest BCUT2D eigenvalue weighted by Crippen LogP contribution is -2.34. The van der Waals surface area contributed by atoms with Crippen LogP contribution in [0, 0.1) is 0 Å². The van der Waals surface area contributed by atoms with Gasteiger partial charge in [0.15, 0.2) is 0 Å². The first-order valence-electron chi connectivity index (χ1n) is 6.27. The Kier molecular flexibility index (Phi) is 7.46. The smallest absolute Gasteiger partial charge is 0.301 e. The second kappa shape index (κ2) is 8.33. The van der Waals surface area contributed by atoms with Crippen LogP contribution >= 0.6 is 31.9 Å². The quantitative estimate of drug-likeness (QED) is 0.625. The Morgan fingerprint density at radius 1 is 1.25 bits per heavy atom. The molecule has 20 heavy (non-hydrogen) atoms. The molecule has 1 aromatic rings. The van der Waals surface area contributed by atoms with Crippen molar-refractivity contribution in [1.29, 1.82) is 0 Å². The SMILES string of the molecule is CCNCCCN(C)S(=O)(=O)Nc1c(Br)cccc1Br. The van der Waals surface area contributed by atoms with Crippen LogP contribution in [-0.4, -0.2) is 39.4 Å². The third-order valence-electron chi connectivity index (χ3n) is 2.68. The molecule has 1 rings (SSSR count). The standard InChI is InChI=1S/C12H19Br2N3O2S/c1-3-15-8-5-9-17(2)20(18,19)16-12-10(13)6-4-7-11(12)14/h4,6-7,15-16H,3,5,8-9H2,1-2H3. The highest BCUT2D eigenvalue weighted by molar-refractivity contribution is 9.11. The lowest BCUT2D eigenvalue weighted by Gasteiger charge is -2.19. The van der Waals surface area contributed by atoms with Gasteiger partial charge in [-0.1, -0.05) is 13.0 Å². The molecule has 0 radical (unpaired) electrons. The molecule has 5 nitrogen and oxygen atoms in total. The molecule has 0 spiro atoms. The summed E-state index contributed by atoms with van der Waals surface area (Å²) in [4.78, 5) is 0. The summed E-state index contributed by atoms with van der Waals surface area (Å²) in [5.74, 6) is 0. The average molecular weight is 429 g/mol. The van der Waals surface area contributed by atoms with Gasteiger partial charge in [0, 0.05) is 22.5 Å². The average Bonchev–Trinajstić information content (AvgIpc) is 2.39. The van der Waals surface area contributed by atoms with Gasteiger partial charge in [-0.15, -0.1) is 0 Å².